The van der Waals surface area contributed by atoms with Crippen LogP contribution in [0.3, 0.4) is 0 Å². The highest BCUT2D eigenvalue weighted by Crippen LogP contribution is 2.84. The molecule has 6 rings (SSSR count). The first kappa shape index (κ1) is 16.3. The van der Waals surface area contributed by atoms with Crippen LogP contribution in [0.2, 0.25) is 0 Å². The van der Waals surface area contributed by atoms with Crippen LogP contribution in [-0.4, -0.2) is 38.3 Å². The Morgan fingerprint density at radius 1 is 1.11 bits per heavy atom. The van der Waals surface area contributed by atoms with Gasteiger partial charge in [0.15, 0.2) is 5.79 Å². The number of imidazole rings is 1. The van der Waals surface area contributed by atoms with Crippen LogP contribution in [0.15, 0.2) is 12.4 Å². The smallest absolute Gasteiger partial charge is 0.174 e. The van der Waals surface area contributed by atoms with E-state index in [0.29, 0.717) is 0 Å². The summed E-state index contributed by atoms with van der Waals surface area (Å²) in [6, 6.07) is 0. The summed E-state index contributed by atoms with van der Waals surface area (Å²) in [7, 11) is 1.97. The van der Waals surface area contributed by atoms with Crippen molar-refractivity contribution < 1.29 is 9.47 Å². The topological polar surface area (TPSA) is 54.1 Å². The molecule has 3 fully saturated rings. The lowest BCUT2D eigenvalue weighted by Crippen LogP contribution is -2.55. The van der Waals surface area contributed by atoms with E-state index in [1.807, 2.05) is 17.9 Å². The first-order chi connectivity index (χ1) is 12.9. The Bertz CT molecular complexity index is 956. The molecule has 6 nitrogen and oxygen atoms in total. The molecule has 2 spiro atoms. The Labute approximate surface area is 159 Å². The molecule has 0 amide bonds. The van der Waals surface area contributed by atoms with E-state index >= 15 is 0 Å². The maximum absolute atomic E-state index is 6.26. The number of hydrogen-bond donors (Lipinski definition) is 0. The average Bonchev–Trinajstić information content (AvgIpc) is 3.06. The van der Waals surface area contributed by atoms with Gasteiger partial charge >= 0.3 is 0 Å². The molecule has 144 valence electrons. The summed E-state index contributed by atoms with van der Waals surface area (Å²) in [6.45, 7) is 8.47. The molecule has 0 aromatic carbocycles. The number of nitrogens with zero attached hydrogens (tertiary/aromatic N) is 4. The van der Waals surface area contributed by atoms with Gasteiger partial charge in [-0.2, -0.15) is 5.10 Å². The molecule has 0 N–H and O–H groups in total. The van der Waals surface area contributed by atoms with E-state index in [1.54, 1.807) is 0 Å². The summed E-state index contributed by atoms with van der Waals surface area (Å²) in [4.78, 5) is 5.16. The third-order valence-corrected chi connectivity index (χ3v) is 8.59. The first-order valence-electron chi connectivity index (χ1n) is 10.2. The number of aromatic nitrogens is 4. The van der Waals surface area contributed by atoms with E-state index in [4.69, 9.17) is 14.5 Å². The normalized spacial score (nSPS) is 38.5. The van der Waals surface area contributed by atoms with Gasteiger partial charge in [0.1, 0.15) is 5.82 Å². The standard InChI is InChI=1S/C21H28N4O2/c1-14-23-17-16(25(14)15-11-22-24(4)12-15)5-6-20-13-19(20,3)21(26-9-10-27-21)8-7-18(17,20)2/h11-12H,5-10,13H2,1-4H3/t18-,19?,20+/m1/s1. The van der Waals surface area contributed by atoms with E-state index < -0.39 is 0 Å². The largest absolute Gasteiger partial charge is 0.347 e. The van der Waals surface area contributed by atoms with Crippen LogP contribution >= 0.6 is 0 Å². The Balaban J connectivity index is 1.49. The van der Waals surface area contributed by atoms with Crippen molar-refractivity contribution in [1.29, 1.82) is 0 Å². The van der Waals surface area contributed by atoms with Gasteiger partial charge in [-0.1, -0.05) is 13.8 Å². The minimum Gasteiger partial charge on any atom is -0.347 e. The third-order valence-electron chi connectivity index (χ3n) is 8.59. The van der Waals surface area contributed by atoms with Crippen molar-refractivity contribution in [2.24, 2.45) is 17.9 Å². The second-order valence-electron chi connectivity index (χ2n) is 9.53. The molecule has 2 saturated carbocycles. The fraction of sp³-hybridized carbons (Fsp3) is 0.714. The van der Waals surface area contributed by atoms with E-state index in [0.717, 1.165) is 44.0 Å². The molecule has 4 aliphatic rings. The van der Waals surface area contributed by atoms with Crippen LogP contribution in [0.25, 0.3) is 5.69 Å². The average molecular weight is 368 g/mol. The quantitative estimate of drug-likeness (QED) is 0.776. The lowest BCUT2D eigenvalue weighted by molar-refractivity contribution is -0.239. The van der Waals surface area contributed by atoms with Gasteiger partial charge in [-0.25, -0.2) is 4.98 Å². The second-order valence-corrected chi connectivity index (χ2v) is 9.53. The van der Waals surface area contributed by atoms with Crippen LogP contribution < -0.4 is 0 Å². The number of rotatable bonds is 1. The van der Waals surface area contributed by atoms with Crippen molar-refractivity contribution >= 4 is 0 Å². The molecular formula is C21H28N4O2. The van der Waals surface area contributed by atoms with Crippen molar-refractivity contribution in [1.82, 2.24) is 19.3 Å². The van der Waals surface area contributed by atoms with Crippen molar-refractivity contribution in [3.8, 4) is 5.69 Å². The Morgan fingerprint density at radius 2 is 1.89 bits per heavy atom. The van der Waals surface area contributed by atoms with Gasteiger partial charge in [0, 0.05) is 36.2 Å². The van der Waals surface area contributed by atoms with Crippen LogP contribution in [0, 0.1) is 17.8 Å². The lowest BCUT2D eigenvalue weighted by atomic mass is 9.55. The van der Waals surface area contributed by atoms with Crippen molar-refractivity contribution in [3.05, 3.63) is 29.6 Å². The van der Waals surface area contributed by atoms with E-state index in [1.165, 1.54) is 24.2 Å². The summed E-state index contributed by atoms with van der Waals surface area (Å²) < 4.78 is 16.7. The molecule has 3 aliphatic carbocycles. The van der Waals surface area contributed by atoms with Gasteiger partial charge in [-0.3, -0.25) is 9.25 Å². The molecule has 1 saturated heterocycles. The second kappa shape index (κ2) is 4.66. The van der Waals surface area contributed by atoms with E-state index in [-0.39, 0.29) is 22.0 Å². The Hall–Kier alpha value is -1.66. The zero-order valence-electron chi connectivity index (χ0n) is 16.7. The van der Waals surface area contributed by atoms with E-state index in [9.17, 15) is 0 Å². The summed E-state index contributed by atoms with van der Waals surface area (Å²) in [5, 5.41) is 4.38. The van der Waals surface area contributed by atoms with Crippen molar-refractivity contribution in [2.45, 2.75) is 64.1 Å². The fourth-order valence-corrected chi connectivity index (χ4v) is 7.14. The van der Waals surface area contributed by atoms with Crippen molar-refractivity contribution in [3.63, 3.8) is 0 Å². The van der Waals surface area contributed by atoms with Crippen LogP contribution in [0.1, 0.15) is 56.7 Å². The van der Waals surface area contributed by atoms with Gasteiger partial charge in [-0.05, 0) is 38.0 Å². The Morgan fingerprint density at radius 3 is 2.59 bits per heavy atom. The van der Waals surface area contributed by atoms with Gasteiger partial charge in [0.25, 0.3) is 0 Å². The minimum absolute atomic E-state index is 0.0914. The summed E-state index contributed by atoms with van der Waals surface area (Å²) in [5.74, 6) is 0.715. The van der Waals surface area contributed by atoms with Gasteiger partial charge < -0.3 is 9.47 Å². The molecule has 2 aromatic heterocycles. The third kappa shape index (κ3) is 1.63. The monoisotopic (exact) mass is 368 g/mol. The first-order valence-corrected chi connectivity index (χ1v) is 10.2. The fourth-order valence-electron chi connectivity index (χ4n) is 7.14. The minimum atomic E-state index is -0.356. The summed E-state index contributed by atoms with van der Waals surface area (Å²) >= 11 is 0. The van der Waals surface area contributed by atoms with Gasteiger partial charge in [0.2, 0.25) is 0 Å². The van der Waals surface area contributed by atoms with Gasteiger partial charge in [0.05, 0.1) is 30.8 Å². The van der Waals surface area contributed by atoms with Crippen LogP contribution in [0.4, 0.5) is 0 Å². The predicted octanol–water partition coefficient (Wildman–Crippen LogP) is 3.05. The molecule has 27 heavy (non-hydrogen) atoms. The van der Waals surface area contributed by atoms with Crippen molar-refractivity contribution in [2.75, 3.05) is 13.2 Å². The highest BCUT2D eigenvalue weighted by molar-refractivity contribution is 5.45. The maximum atomic E-state index is 6.26. The number of hydrogen-bond acceptors (Lipinski definition) is 4. The number of aryl methyl sites for hydroxylation is 2. The highest BCUT2D eigenvalue weighted by atomic mass is 16.7. The predicted molar refractivity (Wildman–Crippen MR) is 99.8 cm³/mol. The zero-order chi connectivity index (χ0) is 18.7. The molecule has 6 heteroatoms. The van der Waals surface area contributed by atoms with Crippen LogP contribution in [0.5, 0.6) is 0 Å². The number of fused-ring (bicyclic) bond motifs is 3. The lowest BCUT2D eigenvalue weighted by Gasteiger charge is -2.53. The molecule has 3 atom stereocenters. The van der Waals surface area contributed by atoms with Crippen LogP contribution in [-0.2, 0) is 28.4 Å². The molecule has 0 radical (unpaired) electrons. The molecular weight excluding hydrogens is 340 g/mol. The highest BCUT2D eigenvalue weighted by Gasteiger charge is 2.83. The summed E-state index contributed by atoms with van der Waals surface area (Å²) in [6.07, 6.45) is 9.52. The Kier molecular flexibility index (Phi) is 2.81. The maximum Gasteiger partial charge on any atom is 0.174 e. The molecule has 1 aliphatic heterocycles. The van der Waals surface area contributed by atoms with Gasteiger partial charge in [-0.15, -0.1) is 0 Å². The molecule has 3 heterocycles. The SMILES string of the molecule is Cc1nc2c(n1-c1cnn(C)c1)CC[C@@]13CC1(C)C1(CC[C@]23C)OCCO1. The zero-order valence-corrected chi connectivity index (χ0v) is 16.7. The molecule has 1 unspecified atom stereocenters. The summed E-state index contributed by atoms with van der Waals surface area (Å²) in [5.41, 5.74) is 4.26. The molecule has 0 bridgehead atoms. The number of ether oxygens (including phenoxy) is 2. The van der Waals surface area contributed by atoms with E-state index in [2.05, 4.69) is 36.6 Å². The molecule has 2 aromatic rings.